The lowest BCUT2D eigenvalue weighted by molar-refractivity contribution is 0.596. The smallest absolute Gasteiger partial charge is 0.238 e. The second-order valence-corrected chi connectivity index (χ2v) is 9.82. The molecule has 0 bridgehead atoms. The fraction of sp³-hybridized carbons (Fsp3) is 0.100. The zero-order valence-electron chi connectivity index (χ0n) is 17.2. The molecule has 10 nitrogen and oxygen atoms in total. The van der Waals surface area contributed by atoms with Crippen molar-refractivity contribution in [2.75, 3.05) is 13.1 Å². The highest BCUT2D eigenvalue weighted by Crippen LogP contribution is 2.12. The van der Waals surface area contributed by atoms with E-state index in [0.29, 0.717) is 18.2 Å². The third-order valence-electron chi connectivity index (χ3n) is 4.28. The number of sulfonamides is 2. The summed E-state index contributed by atoms with van der Waals surface area (Å²) in [6, 6.07) is 12.2. The Morgan fingerprint density at radius 2 is 1.33 bits per heavy atom. The van der Waals surface area contributed by atoms with Gasteiger partial charge in [0.1, 0.15) is 0 Å². The first kappa shape index (κ1) is 26.4. The van der Waals surface area contributed by atoms with Gasteiger partial charge in [0, 0.05) is 6.54 Å². The van der Waals surface area contributed by atoms with E-state index in [2.05, 4.69) is 20.8 Å². The Hall–Kier alpha value is -2.84. The van der Waals surface area contributed by atoms with Crippen molar-refractivity contribution in [1.29, 1.82) is 0 Å². The number of nitrogens with one attached hydrogen (secondary N) is 2. The SMILES string of the molecule is Br.NS(=O)(=O)c1ccc(/C=C/C(/C=C/c2ccc(S(N)(=O)=O)cc2)=NNC2=NCCN2)cc1. The molecule has 0 spiro atoms. The van der Waals surface area contributed by atoms with Gasteiger partial charge < -0.3 is 5.32 Å². The highest BCUT2D eigenvalue weighted by Gasteiger charge is 2.07. The number of nitrogens with two attached hydrogens (primary N) is 2. The molecule has 0 aliphatic carbocycles. The third-order valence-corrected chi connectivity index (χ3v) is 6.13. The molecular formula is C20H23BrN6O4S2. The zero-order valence-corrected chi connectivity index (χ0v) is 20.6. The predicted octanol–water partition coefficient (Wildman–Crippen LogP) is 1.19. The molecule has 2 aromatic carbocycles. The summed E-state index contributed by atoms with van der Waals surface area (Å²) in [5, 5.41) is 17.6. The van der Waals surface area contributed by atoms with Gasteiger partial charge in [-0.2, -0.15) is 5.10 Å². The van der Waals surface area contributed by atoms with Crippen LogP contribution in [0.4, 0.5) is 0 Å². The minimum absolute atomic E-state index is 0. The predicted molar refractivity (Wildman–Crippen MR) is 135 cm³/mol. The Bertz CT molecular complexity index is 1210. The van der Waals surface area contributed by atoms with Crippen LogP contribution in [0.25, 0.3) is 12.2 Å². The number of nitrogens with zero attached hydrogens (tertiary/aromatic N) is 2. The number of hydrogen-bond donors (Lipinski definition) is 4. The van der Waals surface area contributed by atoms with Crippen LogP contribution in [0, 0.1) is 0 Å². The van der Waals surface area contributed by atoms with Crippen LogP contribution in [0.5, 0.6) is 0 Å². The van der Waals surface area contributed by atoms with E-state index in [9.17, 15) is 16.8 Å². The molecule has 0 fully saturated rings. The quantitative estimate of drug-likeness (QED) is 0.296. The van der Waals surface area contributed by atoms with Gasteiger partial charge in [-0.1, -0.05) is 36.4 Å². The van der Waals surface area contributed by atoms with Crippen molar-refractivity contribution in [1.82, 2.24) is 10.7 Å². The van der Waals surface area contributed by atoms with Crippen LogP contribution in [0.1, 0.15) is 11.1 Å². The fourth-order valence-electron chi connectivity index (χ4n) is 2.62. The maximum absolute atomic E-state index is 11.4. The van der Waals surface area contributed by atoms with Crippen LogP contribution in [-0.2, 0) is 20.0 Å². The molecule has 0 atom stereocenters. The molecule has 1 aliphatic rings. The van der Waals surface area contributed by atoms with Gasteiger partial charge in [0.25, 0.3) is 0 Å². The van der Waals surface area contributed by atoms with Crippen molar-refractivity contribution in [3.05, 3.63) is 71.8 Å². The fourth-order valence-corrected chi connectivity index (χ4v) is 3.65. The zero-order chi connectivity index (χ0) is 23.2. The molecule has 0 saturated heterocycles. The minimum atomic E-state index is -3.76. The van der Waals surface area contributed by atoms with E-state index in [-0.39, 0.29) is 26.8 Å². The Balaban J connectivity index is 0.00000385. The monoisotopic (exact) mass is 554 g/mol. The van der Waals surface area contributed by atoms with E-state index >= 15 is 0 Å². The largest absolute Gasteiger partial charge is 0.353 e. The molecule has 0 unspecified atom stereocenters. The Kier molecular flexibility index (Phi) is 9.07. The molecule has 176 valence electrons. The van der Waals surface area contributed by atoms with Gasteiger partial charge in [0.2, 0.25) is 26.0 Å². The molecule has 0 aromatic heterocycles. The van der Waals surface area contributed by atoms with Gasteiger partial charge in [-0.3, -0.25) is 0 Å². The molecule has 1 aliphatic heterocycles. The lowest BCUT2D eigenvalue weighted by atomic mass is 10.1. The van der Waals surface area contributed by atoms with Crippen molar-refractivity contribution in [2.45, 2.75) is 9.79 Å². The summed E-state index contributed by atoms with van der Waals surface area (Å²) < 4.78 is 45.5. The number of benzene rings is 2. The lowest BCUT2D eigenvalue weighted by Gasteiger charge is -2.02. The van der Waals surface area contributed by atoms with Crippen molar-refractivity contribution < 1.29 is 16.8 Å². The topological polar surface area (TPSA) is 169 Å². The number of guanidine groups is 1. The van der Waals surface area contributed by atoms with E-state index in [1.165, 1.54) is 24.3 Å². The molecule has 1 heterocycles. The second kappa shape index (κ2) is 11.3. The number of halogens is 1. The first-order valence-electron chi connectivity index (χ1n) is 9.35. The summed E-state index contributed by atoms with van der Waals surface area (Å²) in [6.07, 6.45) is 6.96. The van der Waals surface area contributed by atoms with Crippen LogP contribution < -0.4 is 21.0 Å². The number of primary sulfonamides is 2. The van der Waals surface area contributed by atoms with Gasteiger partial charge in [-0.25, -0.2) is 37.5 Å². The Morgan fingerprint density at radius 3 is 1.70 bits per heavy atom. The maximum atomic E-state index is 11.4. The highest BCUT2D eigenvalue weighted by atomic mass is 79.9. The summed E-state index contributed by atoms with van der Waals surface area (Å²) in [7, 11) is -7.51. The average molecular weight is 555 g/mol. The van der Waals surface area contributed by atoms with E-state index in [1.54, 1.807) is 48.6 Å². The standard InChI is InChI=1S/C20H22N6O4S2.BrH/c21-31(27,28)18-9-3-15(4-10-18)1-7-17(25-26-20-23-13-14-24-20)8-2-16-5-11-19(12-6-16)32(22,29)30;/h1-12H,13-14H2,(H2,21,27,28)(H2,22,29,30)(H2,23,24,26);1H/b7-1+,8-2+;. The van der Waals surface area contributed by atoms with Gasteiger partial charge in [0.15, 0.2) is 0 Å². The van der Waals surface area contributed by atoms with Crippen molar-refractivity contribution in [3.8, 4) is 0 Å². The third kappa shape index (κ3) is 8.22. The normalized spacial score (nSPS) is 13.9. The summed E-state index contributed by atoms with van der Waals surface area (Å²) >= 11 is 0. The van der Waals surface area contributed by atoms with E-state index < -0.39 is 20.0 Å². The summed E-state index contributed by atoms with van der Waals surface area (Å²) in [4.78, 5) is 4.26. The van der Waals surface area contributed by atoms with E-state index in [1.807, 2.05) is 0 Å². The molecule has 0 amide bonds. The summed E-state index contributed by atoms with van der Waals surface area (Å²) in [5.74, 6) is 0.555. The van der Waals surface area contributed by atoms with Crippen molar-refractivity contribution in [2.24, 2.45) is 20.4 Å². The molecule has 0 saturated carbocycles. The number of rotatable bonds is 7. The molecule has 33 heavy (non-hydrogen) atoms. The van der Waals surface area contributed by atoms with E-state index in [4.69, 9.17) is 10.3 Å². The van der Waals surface area contributed by atoms with Crippen LogP contribution in [0.15, 0.2) is 80.6 Å². The summed E-state index contributed by atoms with van der Waals surface area (Å²) in [6.45, 7) is 1.39. The van der Waals surface area contributed by atoms with Gasteiger partial charge in [-0.15, -0.1) is 17.0 Å². The van der Waals surface area contributed by atoms with E-state index in [0.717, 1.165) is 17.7 Å². The minimum Gasteiger partial charge on any atom is -0.353 e. The first-order chi connectivity index (χ1) is 15.1. The molecule has 3 rings (SSSR count). The van der Waals surface area contributed by atoms with Crippen LogP contribution in [0.3, 0.4) is 0 Å². The second-order valence-electron chi connectivity index (χ2n) is 6.70. The van der Waals surface area contributed by atoms with Crippen LogP contribution >= 0.6 is 17.0 Å². The van der Waals surface area contributed by atoms with Gasteiger partial charge in [-0.05, 0) is 47.5 Å². The molecule has 6 N–H and O–H groups in total. The summed E-state index contributed by atoms with van der Waals surface area (Å²) in [5.41, 5.74) is 4.87. The number of hydrogen-bond acceptors (Lipinski definition) is 8. The maximum Gasteiger partial charge on any atom is 0.238 e. The van der Waals surface area contributed by atoms with Gasteiger partial charge >= 0.3 is 0 Å². The van der Waals surface area contributed by atoms with Crippen molar-refractivity contribution in [3.63, 3.8) is 0 Å². The van der Waals surface area contributed by atoms with Crippen LogP contribution in [0.2, 0.25) is 0 Å². The number of aliphatic imine (C=N–C) groups is 1. The van der Waals surface area contributed by atoms with Crippen LogP contribution in [-0.4, -0.2) is 41.6 Å². The molecule has 0 radical (unpaired) electrons. The molecule has 2 aromatic rings. The molecular weight excluding hydrogens is 532 g/mol. The Labute approximate surface area is 203 Å². The highest BCUT2D eigenvalue weighted by molar-refractivity contribution is 8.93. The number of allylic oxidation sites excluding steroid dienone is 2. The molecule has 13 heteroatoms. The van der Waals surface area contributed by atoms with Gasteiger partial charge in [0.05, 0.1) is 22.0 Å². The van der Waals surface area contributed by atoms with Crippen molar-refractivity contribution >= 4 is 60.9 Å². The number of hydrazone groups is 1. The average Bonchev–Trinajstić information content (AvgIpc) is 3.26. The Morgan fingerprint density at radius 1 is 0.879 bits per heavy atom. The first-order valence-corrected chi connectivity index (χ1v) is 12.4. The lowest BCUT2D eigenvalue weighted by Crippen LogP contribution is -2.30.